The average molecular weight is 384 g/mol. The van der Waals surface area contributed by atoms with Crippen molar-refractivity contribution in [3.05, 3.63) is 30.3 Å². The Morgan fingerprint density at radius 3 is 0.762 bits per heavy atom. The Morgan fingerprint density at radius 1 is 0.571 bits per heavy atom. The maximum absolute atomic E-state index is 8.66. The molecule has 1 rings (SSSR count). The van der Waals surface area contributed by atoms with E-state index >= 15 is 0 Å². The zero-order valence-electron chi connectivity index (χ0n) is 15.2. The molecule has 0 fully saturated rings. The standard InChI is InChI=1S/C5H5.3C3H10OSi.Ti/c1-2-4-5-3-1;3*1-5(2,3)4;/h1-5H;3*4H,1-3H3;/q-1;;;;. The van der Waals surface area contributed by atoms with E-state index in [4.69, 9.17) is 14.4 Å². The van der Waals surface area contributed by atoms with Crippen molar-refractivity contribution in [3.8, 4) is 0 Å². The smallest absolute Gasteiger partial charge is 0.179 e. The third kappa shape index (κ3) is 227. The van der Waals surface area contributed by atoms with Crippen LogP contribution < -0.4 is 0 Å². The van der Waals surface area contributed by atoms with Gasteiger partial charge >= 0.3 is 0 Å². The molecule has 126 valence electrons. The molecular formula is C14H35O3Si3Ti-. The molecule has 0 aromatic heterocycles. The van der Waals surface area contributed by atoms with Crippen LogP contribution in [0.5, 0.6) is 0 Å². The van der Waals surface area contributed by atoms with Gasteiger partial charge in [0, 0.05) is 21.7 Å². The molecule has 21 heavy (non-hydrogen) atoms. The van der Waals surface area contributed by atoms with E-state index in [-0.39, 0.29) is 21.7 Å². The van der Waals surface area contributed by atoms with Crippen LogP contribution in [0.2, 0.25) is 58.9 Å². The third-order valence-electron chi connectivity index (χ3n) is 0.556. The Balaban J connectivity index is -0.0000000903. The first-order valence-electron chi connectivity index (χ1n) is 6.84. The Bertz CT molecular complexity index is 222. The quantitative estimate of drug-likeness (QED) is 0.471. The van der Waals surface area contributed by atoms with Crippen LogP contribution in [0.4, 0.5) is 0 Å². The molecule has 3 N–H and O–H groups in total. The normalized spacial score (nSPS) is 10.5. The van der Waals surface area contributed by atoms with Crippen molar-refractivity contribution in [2.45, 2.75) is 58.9 Å². The van der Waals surface area contributed by atoms with Gasteiger partial charge in [-0.2, -0.15) is 18.2 Å². The van der Waals surface area contributed by atoms with E-state index in [2.05, 4.69) is 0 Å². The fourth-order valence-electron chi connectivity index (χ4n) is 0.321. The summed E-state index contributed by atoms with van der Waals surface area (Å²) in [7, 11) is -4.83. The van der Waals surface area contributed by atoms with E-state index in [1.165, 1.54) is 0 Å². The van der Waals surface area contributed by atoms with E-state index < -0.39 is 25.0 Å². The summed E-state index contributed by atoms with van der Waals surface area (Å²) >= 11 is 0. The molecule has 0 saturated heterocycles. The molecular weight excluding hydrogens is 348 g/mol. The molecule has 0 spiro atoms. The fraction of sp³-hybridized carbons (Fsp3) is 0.643. The molecule has 0 amide bonds. The summed E-state index contributed by atoms with van der Waals surface area (Å²) in [5, 5.41) is 0. The molecule has 1 aromatic carbocycles. The molecule has 1 aromatic rings. The fourth-order valence-corrected chi connectivity index (χ4v) is 0.321. The first-order chi connectivity index (χ1) is 8.50. The van der Waals surface area contributed by atoms with Gasteiger partial charge in [0.1, 0.15) is 0 Å². The van der Waals surface area contributed by atoms with Crippen LogP contribution in [-0.4, -0.2) is 39.3 Å². The second kappa shape index (κ2) is 14.2. The first-order valence-corrected chi connectivity index (χ1v) is 17.2. The Kier molecular flexibility index (Phi) is 20.0. The van der Waals surface area contributed by atoms with Gasteiger partial charge in [-0.3, -0.25) is 0 Å². The van der Waals surface area contributed by atoms with Gasteiger partial charge < -0.3 is 14.4 Å². The van der Waals surface area contributed by atoms with Crippen molar-refractivity contribution < 1.29 is 36.1 Å². The van der Waals surface area contributed by atoms with Crippen molar-refractivity contribution in [1.29, 1.82) is 0 Å². The van der Waals surface area contributed by atoms with E-state index in [1.54, 1.807) is 0 Å². The Morgan fingerprint density at radius 2 is 0.714 bits per heavy atom. The van der Waals surface area contributed by atoms with E-state index in [0.717, 1.165) is 0 Å². The Hall–Kier alpha value is 0.595. The van der Waals surface area contributed by atoms with Crippen LogP contribution in [0, 0.1) is 0 Å². The van der Waals surface area contributed by atoms with Crippen LogP contribution in [0.25, 0.3) is 0 Å². The molecule has 7 heteroatoms. The zero-order valence-corrected chi connectivity index (χ0v) is 19.8. The third-order valence-corrected chi connectivity index (χ3v) is 0.556. The zero-order chi connectivity index (χ0) is 17.0. The van der Waals surface area contributed by atoms with Crippen LogP contribution in [0.1, 0.15) is 0 Å². The summed E-state index contributed by atoms with van der Waals surface area (Å²) in [6.45, 7) is 16.9. The molecule has 0 heterocycles. The van der Waals surface area contributed by atoms with Crippen molar-refractivity contribution in [2.75, 3.05) is 0 Å². The molecule has 0 saturated carbocycles. The molecule has 0 aliphatic rings. The average Bonchev–Trinajstić information content (AvgIpc) is 2.45. The monoisotopic (exact) mass is 383 g/mol. The first kappa shape index (κ1) is 29.6. The molecule has 0 radical (unpaired) electrons. The van der Waals surface area contributed by atoms with Gasteiger partial charge in [-0.25, -0.2) is 12.1 Å². The summed E-state index contributed by atoms with van der Waals surface area (Å²) in [4.78, 5) is 26.0. The van der Waals surface area contributed by atoms with Gasteiger partial charge in [0.25, 0.3) is 0 Å². The molecule has 3 nitrogen and oxygen atoms in total. The minimum absolute atomic E-state index is 0. The van der Waals surface area contributed by atoms with Gasteiger partial charge in [-0.05, 0) is 58.9 Å². The van der Waals surface area contributed by atoms with Gasteiger partial charge in [-0.15, -0.1) is 0 Å². The minimum Gasteiger partial charge on any atom is -0.433 e. The summed E-state index contributed by atoms with van der Waals surface area (Å²) in [6, 6.07) is 10.0. The minimum atomic E-state index is -1.61. The maximum atomic E-state index is 8.66. The summed E-state index contributed by atoms with van der Waals surface area (Å²) in [5.41, 5.74) is 0. The number of rotatable bonds is 0. The van der Waals surface area contributed by atoms with Crippen LogP contribution in [0.15, 0.2) is 30.3 Å². The second-order valence-electron chi connectivity index (χ2n) is 7.47. The van der Waals surface area contributed by atoms with Crippen LogP contribution in [0.3, 0.4) is 0 Å². The maximum Gasteiger partial charge on any atom is 0.179 e. The number of hydrogen-bond acceptors (Lipinski definition) is 3. The topological polar surface area (TPSA) is 60.7 Å². The van der Waals surface area contributed by atoms with E-state index in [1.807, 2.05) is 89.3 Å². The van der Waals surface area contributed by atoms with Gasteiger partial charge in [0.15, 0.2) is 25.0 Å². The summed E-state index contributed by atoms with van der Waals surface area (Å²) in [6.07, 6.45) is 0. The molecule has 0 unspecified atom stereocenters. The van der Waals surface area contributed by atoms with Gasteiger partial charge in [-0.1, -0.05) is 0 Å². The molecule has 0 atom stereocenters. The van der Waals surface area contributed by atoms with Crippen LogP contribution in [-0.2, 0) is 21.7 Å². The second-order valence-corrected chi connectivity index (χ2v) is 20.5. The van der Waals surface area contributed by atoms with Crippen molar-refractivity contribution in [1.82, 2.24) is 0 Å². The van der Waals surface area contributed by atoms with E-state index in [9.17, 15) is 0 Å². The van der Waals surface area contributed by atoms with Crippen molar-refractivity contribution >= 4 is 25.0 Å². The largest absolute Gasteiger partial charge is 0.433 e. The van der Waals surface area contributed by atoms with Gasteiger partial charge in [0.2, 0.25) is 0 Å². The molecule has 0 bridgehead atoms. The van der Waals surface area contributed by atoms with Crippen LogP contribution >= 0.6 is 0 Å². The van der Waals surface area contributed by atoms with Gasteiger partial charge in [0.05, 0.1) is 0 Å². The molecule has 0 aliphatic heterocycles. The predicted molar refractivity (Wildman–Crippen MR) is 98.7 cm³/mol. The molecule has 0 aliphatic carbocycles. The van der Waals surface area contributed by atoms with Crippen molar-refractivity contribution in [3.63, 3.8) is 0 Å². The Labute approximate surface area is 150 Å². The van der Waals surface area contributed by atoms with E-state index in [0.29, 0.717) is 0 Å². The SMILES string of the molecule is C[Si](C)(C)O.C[Si](C)(C)O.C[Si](C)(C)O.[Ti].c1cc[cH-]c1. The van der Waals surface area contributed by atoms with Crippen molar-refractivity contribution in [2.24, 2.45) is 0 Å². The summed E-state index contributed by atoms with van der Waals surface area (Å²) < 4.78 is 0. The predicted octanol–water partition coefficient (Wildman–Crippen LogP) is 3.84. The number of hydrogen-bond donors (Lipinski definition) is 3. The summed E-state index contributed by atoms with van der Waals surface area (Å²) in [5.74, 6) is 0.